The van der Waals surface area contributed by atoms with Gasteiger partial charge in [-0.25, -0.2) is 0 Å². The van der Waals surface area contributed by atoms with Crippen LogP contribution in [0.15, 0.2) is 44.7 Å². The normalized spacial score (nSPS) is 16.9. The molecule has 1 heterocycles. The van der Waals surface area contributed by atoms with Gasteiger partial charge in [0.2, 0.25) is 0 Å². The highest BCUT2D eigenvalue weighted by Gasteiger charge is 2.17. The Morgan fingerprint density at radius 3 is 2.86 bits per heavy atom. The first kappa shape index (κ1) is 18.6. The molecule has 0 bridgehead atoms. The van der Waals surface area contributed by atoms with E-state index in [2.05, 4.69) is 62.3 Å². The highest BCUT2D eigenvalue weighted by atomic mass is 79.9. The minimum Gasteiger partial charge on any atom is -0.308 e. The molecule has 0 aliphatic carbocycles. The van der Waals surface area contributed by atoms with E-state index in [9.17, 15) is 0 Å². The van der Waals surface area contributed by atoms with Crippen LogP contribution in [0, 0.1) is 11.5 Å². The van der Waals surface area contributed by atoms with Crippen molar-refractivity contribution in [2.24, 2.45) is 0 Å². The van der Waals surface area contributed by atoms with Gasteiger partial charge in [-0.3, -0.25) is 4.72 Å². The Kier molecular flexibility index (Phi) is 9.09. The van der Waals surface area contributed by atoms with Gasteiger partial charge in [-0.15, -0.1) is 6.58 Å². The number of nitrogens with zero attached hydrogens (tertiary/aromatic N) is 2. The van der Waals surface area contributed by atoms with Gasteiger partial charge in [-0.05, 0) is 65.8 Å². The molecule has 1 saturated heterocycles. The first-order chi connectivity index (χ1) is 10.1. The maximum atomic E-state index is 8.41. The molecule has 1 aliphatic rings. The smallest absolute Gasteiger partial charge is 0.179 e. The van der Waals surface area contributed by atoms with Gasteiger partial charge >= 0.3 is 0 Å². The number of rotatable bonds is 4. The van der Waals surface area contributed by atoms with Gasteiger partial charge in [0.1, 0.15) is 0 Å². The average molecular weight is 433 g/mol. The number of likely N-dealkylation sites (tertiary alicyclic amines) is 1. The van der Waals surface area contributed by atoms with E-state index in [-0.39, 0.29) is 0 Å². The lowest BCUT2D eigenvalue weighted by molar-refractivity contribution is 0.388. The Hall–Kier alpha value is -0.480. The summed E-state index contributed by atoms with van der Waals surface area (Å²) < 4.78 is 5.34. The predicted molar refractivity (Wildman–Crippen MR) is 96.9 cm³/mol. The van der Waals surface area contributed by atoms with Crippen LogP contribution in [0.1, 0.15) is 19.8 Å². The molecule has 114 valence electrons. The largest absolute Gasteiger partial charge is 0.308 e. The number of hydrogen-bond donors (Lipinski definition) is 1. The van der Waals surface area contributed by atoms with Crippen molar-refractivity contribution in [3.8, 4) is 6.19 Å². The molecule has 0 unspecified atom stereocenters. The van der Waals surface area contributed by atoms with Crippen molar-refractivity contribution in [3.63, 3.8) is 0 Å². The van der Waals surface area contributed by atoms with E-state index in [4.69, 9.17) is 5.26 Å². The molecule has 3 nitrogen and oxygen atoms in total. The molecular formula is C15H19Br2N3S. The van der Waals surface area contributed by atoms with E-state index >= 15 is 0 Å². The van der Waals surface area contributed by atoms with Crippen molar-refractivity contribution in [3.05, 3.63) is 39.8 Å². The third kappa shape index (κ3) is 6.88. The van der Waals surface area contributed by atoms with Crippen molar-refractivity contribution < 1.29 is 0 Å². The molecule has 0 amide bonds. The highest BCUT2D eigenvalue weighted by Crippen LogP contribution is 2.28. The predicted octanol–water partition coefficient (Wildman–Crippen LogP) is 4.95. The van der Waals surface area contributed by atoms with Crippen LogP contribution >= 0.6 is 43.8 Å². The SMILES string of the molecule is C=CCNSc1cc(Br)ccc1Br.C[C@H]1CCCN1C#N. The molecular weight excluding hydrogens is 414 g/mol. The van der Waals surface area contributed by atoms with Crippen LogP contribution in [0.5, 0.6) is 0 Å². The molecule has 6 heteroatoms. The van der Waals surface area contributed by atoms with Gasteiger partial charge in [0.05, 0.1) is 0 Å². The zero-order chi connectivity index (χ0) is 15.7. The van der Waals surface area contributed by atoms with Gasteiger partial charge in [-0.1, -0.05) is 22.0 Å². The van der Waals surface area contributed by atoms with Gasteiger partial charge in [-0.2, -0.15) is 5.26 Å². The maximum Gasteiger partial charge on any atom is 0.179 e. The molecule has 21 heavy (non-hydrogen) atoms. The van der Waals surface area contributed by atoms with Crippen LogP contribution in [0.25, 0.3) is 0 Å². The van der Waals surface area contributed by atoms with Crippen molar-refractivity contribution in [2.45, 2.75) is 30.7 Å². The fourth-order valence-electron chi connectivity index (χ4n) is 1.82. The summed E-state index contributed by atoms with van der Waals surface area (Å²) in [4.78, 5) is 3.00. The van der Waals surface area contributed by atoms with Crippen LogP contribution in [-0.2, 0) is 0 Å². The summed E-state index contributed by atoms with van der Waals surface area (Å²) in [6.07, 6.45) is 6.36. The van der Waals surface area contributed by atoms with E-state index in [1.165, 1.54) is 12.8 Å². The molecule has 0 radical (unpaired) electrons. The van der Waals surface area contributed by atoms with Crippen molar-refractivity contribution in [2.75, 3.05) is 13.1 Å². The second-order valence-electron chi connectivity index (χ2n) is 4.60. The summed E-state index contributed by atoms with van der Waals surface area (Å²) in [6, 6.07) is 6.58. The summed E-state index contributed by atoms with van der Waals surface area (Å²) in [7, 11) is 0. The molecule has 1 atom stereocenters. The Morgan fingerprint density at radius 1 is 1.57 bits per heavy atom. The standard InChI is InChI=1S/C9H9Br2NS.C6H10N2/c1-2-5-12-13-9-6-7(10)3-4-8(9)11;1-6-3-2-4-8(6)5-7/h2-4,6,12H,1,5H2;6H,2-4H2,1H3/t;6-/m.0/s1. The zero-order valence-electron chi connectivity index (χ0n) is 12.0. The lowest BCUT2D eigenvalue weighted by Gasteiger charge is -2.10. The Bertz CT molecular complexity index is 502. The first-order valence-electron chi connectivity index (χ1n) is 6.70. The fourth-order valence-corrected chi connectivity index (χ4v) is 3.53. The zero-order valence-corrected chi connectivity index (χ0v) is 16.0. The van der Waals surface area contributed by atoms with Gasteiger partial charge in [0, 0.05) is 33.0 Å². The van der Waals surface area contributed by atoms with E-state index in [0.29, 0.717) is 6.04 Å². The fraction of sp³-hybridized carbons (Fsp3) is 0.400. The summed E-state index contributed by atoms with van der Waals surface area (Å²) >= 11 is 8.49. The monoisotopic (exact) mass is 431 g/mol. The van der Waals surface area contributed by atoms with Crippen LogP contribution in [0.3, 0.4) is 0 Å². The quantitative estimate of drug-likeness (QED) is 0.316. The summed E-state index contributed by atoms with van der Waals surface area (Å²) in [5.41, 5.74) is 0. The summed E-state index contributed by atoms with van der Waals surface area (Å²) in [5, 5.41) is 8.41. The van der Waals surface area contributed by atoms with E-state index < -0.39 is 0 Å². The maximum absolute atomic E-state index is 8.41. The molecule has 0 spiro atoms. The van der Waals surface area contributed by atoms with E-state index in [1.807, 2.05) is 23.1 Å². The molecule has 1 aromatic rings. The van der Waals surface area contributed by atoms with E-state index in [0.717, 1.165) is 26.9 Å². The van der Waals surface area contributed by atoms with Gasteiger partial charge < -0.3 is 4.90 Å². The van der Waals surface area contributed by atoms with Crippen molar-refractivity contribution in [1.29, 1.82) is 5.26 Å². The Labute approximate surface area is 148 Å². The number of benzene rings is 1. The second-order valence-corrected chi connectivity index (χ2v) is 7.30. The van der Waals surface area contributed by atoms with Crippen molar-refractivity contribution in [1.82, 2.24) is 9.62 Å². The third-order valence-corrected chi connectivity index (χ3v) is 5.30. The minimum absolute atomic E-state index is 0.500. The van der Waals surface area contributed by atoms with Crippen LogP contribution in [0.2, 0.25) is 0 Å². The van der Waals surface area contributed by atoms with Crippen molar-refractivity contribution >= 4 is 43.8 Å². The molecule has 2 rings (SSSR count). The number of nitriles is 1. The summed E-state index contributed by atoms with van der Waals surface area (Å²) in [5.74, 6) is 0. The minimum atomic E-state index is 0.500. The van der Waals surface area contributed by atoms with Gasteiger partial charge in [0.25, 0.3) is 0 Å². The topological polar surface area (TPSA) is 39.1 Å². The molecule has 0 aromatic heterocycles. The number of hydrogen-bond acceptors (Lipinski definition) is 4. The molecule has 1 fully saturated rings. The van der Waals surface area contributed by atoms with Crippen LogP contribution < -0.4 is 4.72 Å². The molecule has 1 aromatic carbocycles. The Balaban J connectivity index is 0.000000235. The van der Waals surface area contributed by atoms with Crippen LogP contribution in [-0.4, -0.2) is 24.0 Å². The molecule has 1 aliphatic heterocycles. The molecule has 0 saturated carbocycles. The van der Waals surface area contributed by atoms with Crippen LogP contribution in [0.4, 0.5) is 0 Å². The second kappa shape index (κ2) is 10.3. The average Bonchev–Trinajstić information content (AvgIpc) is 2.89. The van der Waals surface area contributed by atoms with E-state index in [1.54, 1.807) is 11.9 Å². The lowest BCUT2D eigenvalue weighted by Crippen LogP contribution is -2.20. The first-order valence-corrected chi connectivity index (χ1v) is 9.10. The highest BCUT2D eigenvalue weighted by molar-refractivity contribution is 9.11. The molecule has 1 N–H and O–H groups in total. The lowest BCUT2D eigenvalue weighted by atomic mass is 10.2. The van der Waals surface area contributed by atoms with Gasteiger partial charge in [0.15, 0.2) is 6.19 Å². The summed E-state index contributed by atoms with van der Waals surface area (Å²) in [6.45, 7) is 7.49. The number of halogens is 2. The number of nitrogens with one attached hydrogen (secondary N) is 1. The third-order valence-electron chi connectivity index (χ3n) is 2.98. The Morgan fingerprint density at radius 2 is 2.33 bits per heavy atom.